The third-order valence-corrected chi connectivity index (χ3v) is 5.35. The molecule has 2 aromatic carbocycles. The summed E-state index contributed by atoms with van der Waals surface area (Å²) in [7, 11) is 0. The number of nitrogens with zero attached hydrogens (tertiary/aromatic N) is 1. The summed E-state index contributed by atoms with van der Waals surface area (Å²) in [6.07, 6.45) is 1.51. The van der Waals surface area contributed by atoms with Gasteiger partial charge >= 0.3 is 11.9 Å². The van der Waals surface area contributed by atoms with Gasteiger partial charge in [0.25, 0.3) is 0 Å². The fraction of sp³-hybridized carbons (Fsp3) is 0.190. The topological polar surface area (TPSA) is 76.5 Å². The van der Waals surface area contributed by atoms with Crippen molar-refractivity contribution in [1.29, 1.82) is 0 Å². The fourth-order valence-corrected chi connectivity index (χ4v) is 3.54. The molecule has 1 aromatic heterocycles. The lowest BCUT2D eigenvalue weighted by molar-refractivity contribution is 0.00674. The summed E-state index contributed by atoms with van der Waals surface area (Å²) >= 11 is 3.00. The Balaban J connectivity index is 0.000000214. The van der Waals surface area contributed by atoms with E-state index in [9.17, 15) is 18.4 Å². The van der Waals surface area contributed by atoms with Crippen LogP contribution in [0.2, 0.25) is 0 Å². The summed E-state index contributed by atoms with van der Waals surface area (Å²) in [5, 5.41) is 11.0. The number of carboxylic acid groups (broad SMARTS) is 1. The van der Waals surface area contributed by atoms with Crippen molar-refractivity contribution in [1.82, 2.24) is 4.98 Å². The molecular formula is C21H18F2INO4S. The molecule has 1 N–H and O–H groups in total. The van der Waals surface area contributed by atoms with Gasteiger partial charge in [-0.1, -0.05) is 12.1 Å². The van der Waals surface area contributed by atoms with E-state index in [4.69, 9.17) is 9.84 Å². The van der Waals surface area contributed by atoms with Gasteiger partial charge in [0.2, 0.25) is 0 Å². The maximum atomic E-state index is 13.5. The Kier molecular flexibility index (Phi) is 8.02. The highest BCUT2D eigenvalue weighted by molar-refractivity contribution is 14.1. The Morgan fingerprint density at radius 1 is 1.07 bits per heavy atom. The van der Waals surface area contributed by atoms with Crippen molar-refractivity contribution in [2.24, 2.45) is 0 Å². The van der Waals surface area contributed by atoms with Crippen LogP contribution in [-0.4, -0.2) is 27.6 Å². The Morgan fingerprint density at radius 2 is 1.67 bits per heavy atom. The van der Waals surface area contributed by atoms with Gasteiger partial charge in [-0.05, 0) is 67.6 Å². The van der Waals surface area contributed by atoms with Crippen LogP contribution in [0.25, 0.3) is 10.6 Å². The van der Waals surface area contributed by atoms with E-state index >= 15 is 0 Å². The normalized spacial score (nSPS) is 10.7. The molecule has 5 nitrogen and oxygen atoms in total. The van der Waals surface area contributed by atoms with Crippen LogP contribution in [0, 0.1) is 15.2 Å². The Bertz CT molecular complexity index is 1050. The Morgan fingerprint density at radius 3 is 2.20 bits per heavy atom. The number of rotatable bonds is 3. The van der Waals surface area contributed by atoms with Gasteiger partial charge in [0, 0.05) is 11.6 Å². The van der Waals surface area contributed by atoms with Crippen LogP contribution < -0.4 is 0 Å². The number of hydrogen-bond acceptors (Lipinski definition) is 5. The summed E-state index contributed by atoms with van der Waals surface area (Å²) < 4.78 is 32.1. The number of hydrogen-bond donors (Lipinski definition) is 1. The molecule has 0 saturated heterocycles. The molecule has 0 amide bonds. The predicted octanol–water partition coefficient (Wildman–Crippen LogP) is 6.03. The van der Waals surface area contributed by atoms with Gasteiger partial charge in [0.1, 0.15) is 22.2 Å². The summed E-state index contributed by atoms with van der Waals surface area (Å²) in [6, 6.07) is 8.33. The molecule has 0 unspecified atom stereocenters. The zero-order valence-electron chi connectivity index (χ0n) is 16.3. The third-order valence-electron chi connectivity index (χ3n) is 3.46. The summed E-state index contributed by atoms with van der Waals surface area (Å²) in [5.41, 5.74) is -0.303. The van der Waals surface area contributed by atoms with Gasteiger partial charge in [-0.25, -0.2) is 23.4 Å². The second kappa shape index (κ2) is 10.1. The quantitative estimate of drug-likeness (QED) is 0.321. The maximum absolute atomic E-state index is 13.5. The van der Waals surface area contributed by atoms with Crippen LogP contribution >= 0.6 is 33.9 Å². The van der Waals surface area contributed by atoms with Gasteiger partial charge in [0.15, 0.2) is 0 Å². The van der Waals surface area contributed by atoms with E-state index in [2.05, 4.69) is 4.98 Å². The zero-order chi connectivity index (χ0) is 22.5. The molecule has 158 valence electrons. The first-order chi connectivity index (χ1) is 14.0. The van der Waals surface area contributed by atoms with E-state index in [1.165, 1.54) is 47.9 Å². The summed E-state index contributed by atoms with van der Waals surface area (Å²) in [4.78, 5) is 26.4. The van der Waals surface area contributed by atoms with Crippen molar-refractivity contribution in [3.63, 3.8) is 0 Å². The van der Waals surface area contributed by atoms with E-state index in [0.29, 0.717) is 8.58 Å². The summed E-state index contributed by atoms with van der Waals surface area (Å²) in [5.74, 6) is -2.62. The molecule has 0 saturated carbocycles. The highest BCUT2D eigenvalue weighted by Gasteiger charge is 2.21. The second-order valence-corrected chi connectivity index (χ2v) is 8.88. The Hall–Kier alpha value is -2.40. The number of thiazole rings is 1. The van der Waals surface area contributed by atoms with Crippen LogP contribution in [0.4, 0.5) is 8.78 Å². The first-order valence-corrected chi connectivity index (χ1v) is 10.6. The number of carbonyl (C=O) groups excluding carboxylic acids is 1. The Labute approximate surface area is 189 Å². The average molecular weight is 545 g/mol. The van der Waals surface area contributed by atoms with E-state index in [0.717, 1.165) is 0 Å². The van der Waals surface area contributed by atoms with Crippen molar-refractivity contribution in [3.05, 3.63) is 74.3 Å². The number of ether oxygens (including phenoxy) is 1. The van der Waals surface area contributed by atoms with Crippen molar-refractivity contribution in [2.75, 3.05) is 0 Å². The number of aromatic nitrogens is 1. The largest absolute Gasteiger partial charge is 0.478 e. The van der Waals surface area contributed by atoms with Gasteiger partial charge in [-0.2, -0.15) is 0 Å². The molecule has 0 fully saturated rings. The molecule has 0 spiro atoms. The van der Waals surface area contributed by atoms with E-state index in [1.807, 2.05) is 0 Å². The highest BCUT2D eigenvalue weighted by Crippen LogP contribution is 2.28. The summed E-state index contributed by atoms with van der Waals surface area (Å²) in [6.45, 7) is 5.32. The standard InChI is InChI=1S/C11H12FIO2.C10H6FNO2S/c1-11(2,3)15-10(14)7-5-4-6-8(12)9(7)13;11-7-3-1-2-6(10(13)14)8(7)9-12-4-5-15-9/h4-6H,1-3H3;1-5H,(H,13,14). The predicted molar refractivity (Wildman–Crippen MR) is 119 cm³/mol. The number of carbonyl (C=O) groups is 2. The van der Waals surface area contributed by atoms with E-state index in [-0.39, 0.29) is 16.7 Å². The molecule has 3 rings (SSSR count). The molecule has 0 aliphatic carbocycles. The number of benzene rings is 2. The minimum atomic E-state index is -1.15. The molecule has 1 heterocycles. The van der Waals surface area contributed by atoms with Gasteiger partial charge < -0.3 is 9.84 Å². The monoisotopic (exact) mass is 545 g/mol. The highest BCUT2D eigenvalue weighted by atomic mass is 127. The fourth-order valence-electron chi connectivity index (χ4n) is 2.26. The lowest BCUT2D eigenvalue weighted by atomic mass is 10.1. The van der Waals surface area contributed by atoms with Crippen molar-refractivity contribution >= 4 is 45.9 Å². The van der Waals surface area contributed by atoms with Crippen LogP contribution in [0.15, 0.2) is 48.0 Å². The maximum Gasteiger partial charge on any atom is 0.339 e. The lowest BCUT2D eigenvalue weighted by Gasteiger charge is -2.19. The van der Waals surface area contributed by atoms with Crippen LogP contribution in [0.5, 0.6) is 0 Å². The molecule has 0 aliphatic heterocycles. The number of carboxylic acids is 1. The zero-order valence-corrected chi connectivity index (χ0v) is 19.3. The number of aromatic carboxylic acids is 1. The molecule has 0 atom stereocenters. The van der Waals surface area contributed by atoms with Gasteiger partial charge in [0.05, 0.1) is 20.3 Å². The van der Waals surface area contributed by atoms with E-state index < -0.39 is 29.2 Å². The van der Waals surface area contributed by atoms with Gasteiger partial charge in [-0.15, -0.1) is 11.3 Å². The minimum absolute atomic E-state index is 0.0556. The third kappa shape index (κ3) is 6.30. The first-order valence-electron chi connectivity index (χ1n) is 8.60. The van der Waals surface area contributed by atoms with Crippen molar-refractivity contribution in [3.8, 4) is 10.6 Å². The lowest BCUT2D eigenvalue weighted by Crippen LogP contribution is -2.24. The molecule has 30 heavy (non-hydrogen) atoms. The van der Waals surface area contributed by atoms with Crippen LogP contribution in [0.3, 0.4) is 0 Å². The number of esters is 1. The van der Waals surface area contributed by atoms with Crippen molar-refractivity contribution in [2.45, 2.75) is 26.4 Å². The molecular weight excluding hydrogens is 527 g/mol. The molecule has 0 radical (unpaired) electrons. The molecule has 9 heteroatoms. The minimum Gasteiger partial charge on any atom is -0.478 e. The van der Waals surface area contributed by atoms with E-state index in [1.54, 1.807) is 54.8 Å². The average Bonchev–Trinajstić information content (AvgIpc) is 3.17. The van der Waals surface area contributed by atoms with Crippen molar-refractivity contribution < 1.29 is 28.2 Å². The first kappa shape index (κ1) is 23.9. The number of halogens is 3. The molecule has 0 aliphatic rings. The van der Waals surface area contributed by atoms with Crippen LogP contribution in [0.1, 0.15) is 41.5 Å². The smallest absolute Gasteiger partial charge is 0.339 e. The SMILES string of the molecule is CC(C)(C)OC(=O)c1cccc(F)c1I.O=C(O)c1cccc(F)c1-c1nccs1. The molecule has 3 aromatic rings. The second-order valence-electron chi connectivity index (χ2n) is 6.91. The van der Waals surface area contributed by atoms with Crippen LogP contribution in [-0.2, 0) is 4.74 Å². The molecule has 0 bridgehead atoms. The van der Waals surface area contributed by atoms with Gasteiger partial charge in [-0.3, -0.25) is 0 Å².